The number of nitrogens with zero attached hydrogens (tertiary/aromatic N) is 3. The number of carbonyl (C=O) groups excluding carboxylic acids is 1. The van der Waals surface area contributed by atoms with E-state index in [-0.39, 0.29) is 5.92 Å². The lowest BCUT2D eigenvalue weighted by Gasteiger charge is -2.27. The molecule has 180 valence electrons. The number of aryl methyl sites for hydroxylation is 1. The molecule has 1 fully saturated rings. The zero-order chi connectivity index (χ0) is 24.7. The molecule has 2 heterocycles. The van der Waals surface area contributed by atoms with E-state index in [0.29, 0.717) is 6.54 Å². The molecule has 0 amide bonds. The third-order valence-corrected chi connectivity index (χ3v) is 6.40. The summed E-state index contributed by atoms with van der Waals surface area (Å²) in [6.45, 7) is 4.58. The molecule has 0 unspecified atom stereocenters. The van der Waals surface area contributed by atoms with Crippen molar-refractivity contribution in [1.82, 2.24) is 14.9 Å². The third kappa shape index (κ3) is 5.70. The first kappa shape index (κ1) is 23.5. The molecule has 1 saturated heterocycles. The van der Waals surface area contributed by atoms with Crippen LogP contribution < -0.4 is 10.1 Å². The van der Waals surface area contributed by atoms with E-state index in [1.165, 1.54) is 0 Å². The van der Waals surface area contributed by atoms with Crippen molar-refractivity contribution in [3.8, 4) is 23.3 Å². The number of rotatable bonds is 6. The van der Waals surface area contributed by atoms with Gasteiger partial charge in [-0.1, -0.05) is 30.0 Å². The lowest BCUT2D eigenvalue weighted by atomic mass is 9.99. The average Bonchev–Trinajstić information content (AvgIpc) is 2.91. The summed E-state index contributed by atoms with van der Waals surface area (Å²) in [5.41, 5.74) is 3.72. The summed E-state index contributed by atoms with van der Waals surface area (Å²) in [7, 11) is 0. The number of likely N-dealkylation sites (tertiary alicyclic amines) is 1. The van der Waals surface area contributed by atoms with Crippen molar-refractivity contribution in [3.63, 3.8) is 0 Å². The van der Waals surface area contributed by atoms with Gasteiger partial charge in [0.05, 0.1) is 12.1 Å². The van der Waals surface area contributed by atoms with Crippen LogP contribution in [0.4, 0.5) is 11.5 Å². The lowest BCUT2D eigenvalue weighted by Crippen LogP contribution is -2.34. The van der Waals surface area contributed by atoms with E-state index in [4.69, 9.17) is 4.74 Å². The summed E-state index contributed by atoms with van der Waals surface area (Å²) in [6.07, 6.45) is 4.50. The Labute approximate surface area is 211 Å². The van der Waals surface area contributed by atoms with Crippen molar-refractivity contribution in [2.24, 2.45) is 5.92 Å². The number of piperidine rings is 1. The van der Waals surface area contributed by atoms with E-state index >= 15 is 0 Å². The summed E-state index contributed by atoms with van der Waals surface area (Å²) in [4.78, 5) is 22.2. The van der Waals surface area contributed by atoms with Crippen LogP contribution in [0.2, 0.25) is 0 Å². The van der Waals surface area contributed by atoms with Crippen LogP contribution >= 0.6 is 0 Å². The molecule has 3 aromatic carbocycles. The molecule has 1 aliphatic rings. The van der Waals surface area contributed by atoms with Gasteiger partial charge in [0.1, 0.15) is 29.9 Å². The van der Waals surface area contributed by atoms with Crippen LogP contribution in [-0.4, -0.2) is 40.8 Å². The fourth-order valence-corrected chi connectivity index (χ4v) is 4.33. The van der Waals surface area contributed by atoms with Crippen LogP contribution in [0.15, 0.2) is 73.1 Å². The third-order valence-electron chi connectivity index (χ3n) is 6.40. The van der Waals surface area contributed by atoms with Gasteiger partial charge < -0.3 is 14.8 Å². The number of anilines is 2. The van der Waals surface area contributed by atoms with Gasteiger partial charge in [0.15, 0.2) is 0 Å². The number of fused-ring (bicyclic) bond motifs is 1. The molecule has 0 radical (unpaired) electrons. The maximum absolute atomic E-state index is 10.9. The highest BCUT2D eigenvalue weighted by Crippen LogP contribution is 2.30. The Hall–Kier alpha value is -4.21. The second-order valence-corrected chi connectivity index (χ2v) is 9.03. The quantitative estimate of drug-likeness (QED) is 0.283. The molecule has 0 saturated carbocycles. The molecule has 4 aromatic rings. The minimum Gasteiger partial charge on any atom is -0.457 e. The first-order valence-corrected chi connectivity index (χ1v) is 12.2. The molecule has 1 aliphatic heterocycles. The Balaban J connectivity index is 1.30. The van der Waals surface area contributed by atoms with E-state index in [0.717, 1.165) is 77.3 Å². The average molecular weight is 477 g/mol. The number of aromatic nitrogens is 2. The number of benzene rings is 3. The highest BCUT2D eigenvalue weighted by Gasteiger charge is 2.17. The summed E-state index contributed by atoms with van der Waals surface area (Å²) < 4.78 is 6.01. The van der Waals surface area contributed by atoms with Gasteiger partial charge in [0.25, 0.3) is 0 Å². The fraction of sp³-hybridized carbons (Fsp3) is 0.233. The number of hydrogen-bond acceptors (Lipinski definition) is 6. The van der Waals surface area contributed by atoms with Crippen molar-refractivity contribution in [3.05, 3.63) is 84.2 Å². The molecule has 5 rings (SSSR count). The van der Waals surface area contributed by atoms with Crippen LogP contribution in [0.5, 0.6) is 11.5 Å². The van der Waals surface area contributed by atoms with Gasteiger partial charge in [-0.3, -0.25) is 4.90 Å². The molecular weight excluding hydrogens is 448 g/mol. The van der Waals surface area contributed by atoms with Crippen LogP contribution in [-0.2, 0) is 4.79 Å². The Morgan fingerprint density at radius 1 is 1.06 bits per heavy atom. The Morgan fingerprint density at radius 2 is 1.89 bits per heavy atom. The van der Waals surface area contributed by atoms with Crippen LogP contribution in [0.1, 0.15) is 24.0 Å². The zero-order valence-corrected chi connectivity index (χ0v) is 20.3. The number of aldehydes is 1. The maximum atomic E-state index is 10.9. The largest absolute Gasteiger partial charge is 0.457 e. The van der Waals surface area contributed by atoms with Crippen molar-refractivity contribution in [2.75, 3.05) is 25.0 Å². The molecule has 6 nitrogen and oxygen atoms in total. The highest BCUT2D eigenvalue weighted by atomic mass is 16.5. The highest BCUT2D eigenvalue weighted by molar-refractivity contribution is 5.91. The van der Waals surface area contributed by atoms with Gasteiger partial charge in [0.2, 0.25) is 0 Å². The van der Waals surface area contributed by atoms with Gasteiger partial charge in [-0.05, 0) is 86.9 Å². The smallest absolute Gasteiger partial charge is 0.141 e. The van der Waals surface area contributed by atoms with Gasteiger partial charge in [0, 0.05) is 22.6 Å². The standard InChI is InChI=1S/C30H28N4O2/c1-22-18-25(10-12-29(22)36-26-7-3-2-4-8-26)33-30-27-19-23(9-11-28(27)31-21-32-30)6-5-15-34-16-13-24(20-35)14-17-34/h2-4,7-12,18-21,24H,13-17H2,1H3,(H,31,32,33). The monoisotopic (exact) mass is 476 g/mol. The minimum absolute atomic E-state index is 0.206. The molecule has 6 heteroatoms. The Morgan fingerprint density at radius 3 is 2.67 bits per heavy atom. The maximum Gasteiger partial charge on any atom is 0.141 e. The molecule has 0 atom stereocenters. The van der Waals surface area contributed by atoms with Gasteiger partial charge in [-0.2, -0.15) is 0 Å². The van der Waals surface area contributed by atoms with E-state index < -0.39 is 0 Å². The Bertz CT molecular complexity index is 1420. The predicted octanol–water partition coefficient (Wildman–Crippen LogP) is 5.74. The second-order valence-electron chi connectivity index (χ2n) is 9.03. The molecule has 1 N–H and O–H groups in total. The first-order chi connectivity index (χ1) is 17.7. The van der Waals surface area contributed by atoms with E-state index in [2.05, 4.69) is 32.0 Å². The van der Waals surface area contributed by atoms with Gasteiger partial charge in [-0.25, -0.2) is 9.97 Å². The van der Waals surface area contributed by atoms with Crippen molar-refractivity contribution in [2.45, 2.75) is 19.8 Å². The topological polar surface area (TPSA) is 67.4 Å². The van der Waals surface area contributed by atoms with Crippen molar-refractivity contribution >= 4 is 28.7 Å². The van der Waals surface area contributed by atoms with Gasteiger partial charge >= 0.3 is 0 Å². The predicted molar refractivity (Wildman–Crippen MR) is 143 cm³/mol. The lowest BCUT2D eigenvalue weighted by molar-refractivity contribution is -0.112. The second kappa shape index (κ2) is 11.0. The number of nitrogens with one attached hydrogen (secondary N) is 1. The summed E-state index contributed by atoms with van der Waals surface area (Å²) in [5, 5.41) is 4.35. The van der Waals surface area contributed by atoms with Crippen LogP contribution in [0.3, 0.4) is 0 Å². The molecule has 0 bridgehead atoms. The van der Waals surface area contributed by atoms with Crippen LogP contribution in [0.25, 0.3) is 10.9 Å². The first-order valence-electron chi connectivity index (χ1n) is 12.2. The number of para-hydroxylation sites is 1. The number of carbonyl (C=O) groups is 1. The van der Waals surface area contributed by atoms with E-state index in [1.54, 1.807) is 6.33 Å². The minimum atomic E-state index is 0.206. The molecular formula is C30H28N4O2. The van der Waals surface area contributed by atoms with Crippen molar-refractivity contribution < 1.29 is 9.53 Å². The summed E-state index contributed by atoms with van der Waals surface area (Å²) in [5.74, 6) is 9.12. The van der Waals surface area contributed by atoms with Gasteiger partial charge in [-0.15, -0.1) is 0 Å². The van der Waals surface area contributed by atoms with E-state index in [1.807, 2.05) is 73.7 Å². The SMILES string of the molecule is Cc1cc(Nc2ncnc3ccc(C#CCN4CCC(C=O)CC4)cc23)ccc1Oc1ccccc1. The Kier molecular flexibility index (Phi) is 7.20. The zero-order valence-electron chi connectivity index (χ0n) is 20.3. The number of ether oxygens (including phenoxy) is 1. The fourth-order valence-electron chi connectivity index (χ4n) is 4.33. The molecule has 0 spiro atoms. The van der Waals surface area contributed by atoms with E-state index in [9.17, 15) is 4.79 Å². The molecule has 1 aromatic heterocycles. The summed E-state index contributed by atoms with van der Waals surface area (Å²) in [6, 6.07) is 21.7. The van der Waals surface area contributed by atoms with Crippen LogP contribution in [0, 0.1) is 24.7 Å². The normalized spacial score (nSPS) is 14.1. The van der Waals surface area contributed by atoms with Crippen molar-refractivity contribution in [1.29, 1.82) is 0 Å². The number of hydrogen-bond donors (Lipinski definition) is 1. The summed E-state index contributed by atoms with van der Waals surface area (Å²) >= 11 is 0. The molecule has 0 aliphatic carbocycles. The molecule has 36 heavy (non-hydrogen) atoms.